The third kappa shape index (κ3) is 4.75. The molecule has 1 amide bonds. The minimum atomic E-state index is -4.42. The fraction of sp³-hybridized carbons (Fsp3) is 0.667. The van der Waals surface area contributed by atoms with Crippen LogP contribution < -0.4 is 5.73 Å². The second kappa shape index (κ2) is 6.62. The number of anilines is 1. The molecule has 8 heteroatoms. The summed E-state index contributed by atoms with van der Waals surface area (Å²) in [5.41, 5.74) is 5.82. The van der Waals surface area contributed by atoms with Crippen LogP contribution in [0.3, 0.4) is 0 Å². The molecule has 2 N–H and O–H groups in total. The van der Waals surface area contributed by atoms with Crippen LogP contribution in [0.4, 0.5) is 18.9 Å². The molecule has 0 aliphatic heterocycles. The van der Waals surface area contributed by atoms with Crippen molar-refractivity contribution in [2.45, 2.75) is 45.5 Å². The Hall–Kier alpha value is -1.73. The fourth-order valence-electron chi connectivity index (χ4n) is 2.04. The molecule has 0 saturated carbocycles. The Bertz CT molecular complexity index is 440. The Kier molecular flexibility index (Phi) is 5.41. The van der Waals surface area contributed by atoms with Crippen molar-refractivity contribution in [2.75, 3.05) is 12.3 Å². The quantitative estimate of drug-likeness (QED) is 0.872. The number of halogens is 3. The molecule has 5 nitrogen and oxygen atoms in total. The molecule has 20 heavy (non-hydrogen) atoms. The van der Waals surface area contributed by atoms with Gasteiger partial charge in [0.25, 0.3) is 0 Å². The highest BCUT2D eigenvalue weighted by atomic mass is 19.4. The molecule has 0 saturated heterocycles. The van der Waals surface area contributed by atoms with E-state index in [4.69, 9.17) is 5.73 Å². The van der Waals surface area contributed by atoms with Gasteiger partial charge in [-0.1, -0.05) is 13.8 Å². The lowest BCUT2D eigenvalue weighted by atomic mass is 10.1. The summed E-state index contributed by atoms with van der Waals surface area (Å²) in [7, 11) is 0. The average molecular weight is 292 g/mol. The number of hydrogen-bond acceptors (Lipinski definition) is 3. The normalized spacial score (nSPS) is 11.9. The third-order valence-corrected chi connectivity index (χ3v) is 3.00. The van der Waals surface area contributed by atoms with Crippen LogP contribution in [0.25, 0.3) is 0 Å². The number of rotatable bonds is 6. The second-order valence-corrected chi connectivity index (χ2v) is 4.58. The van der Waals surface area contributed by atoms with E-state index in [1.807, 2.05) is 0 Å². The lowest BCUT2D eigenvalue weighted by Crippen LogP contribution is -2.46. The summed E-state index contributed by atoms with van der Waals surface area (Å²) in [4.78, 5) is 13.0. The first-order valence-corrected chi connectivity index (χ1v) is 6.41. The number of nitrogen functional groups attached to an aromatic ring is 1. The molecule has 0 aromatic carbocycles. The number of alkyl halides is 3. The highest BCUT2D eigenvalue weighted by Gasteiger charge is 2.35. The zero-order valence-corrected chi connectivity index (χ0v) is 11.5. The van der Waals surface area contributed by atoms with Crippen LogP contribution in [0.5, 0.6) is 0 Å². The van der Waals surface area contributed by atoms with Crippen LogP contribution in [-0.4, -0.2) is 39.4 Å². The van der Waals surface area contributed by atoms with E-state index in [0.29, 0.717) is 18.5 Å². The van der Waals surface area contributed by atoms with E-state index in [1.165, 1.54) is 17.1 Å². The smallest absolute Gasteiger partial charge is 0.396 e. The molecule has 0 unspecified atom stereocenters. The van der Waals surface area contributed by atoms with Crippen molar-refractivity contribution in [1.29, 1.82) is 0 Å². The van der Waals surface area contributed by atoms with Crippen molar-refractivity contribution in [3.05, 3.63) is 12.4 Å². The van der Waals surface area contributed by atoms with Gasteiger partial charge in [-0.2, -0.15) is 18.3 Å². The highest BCUT2D eigenvalue weighted by molar-refractivity contribution is 5.76. The van der Waals surface area contributed by atoms with Crippen LogP contribution in [0.1, 0.15) is 26.7 Å². The molecular formula is C12H19F3N4O. The first kappa shape index (κ1) is 16.3. The predicted octanol–water partition coefficient (Wildman–Crippen LogP) is 2.04. The Labute approximate surface area is 115 Å². The molecule has 0 spiro atoms. The molecule has 1 heterocycles. The topological polar surface area (TPSA) is 64.2 Å². The summed E-state index contributed by atoms with van der Waals surface area (Å²) in [6, 6.07) is -0.433. The largest absolute Gasteiger partial charge is 0.406 e. The molecule has 0 fully saturated rings. The molecule has 114 valence electrons. The minimum Gasteiger partial charge on any atom is -0.396 e. The number of nitrogens with zero attached hydrogens (tertiary/aromatic N) is 3. The lowest BCUT2D eigenvalue weighted by Gasteiger charge is -2.31. The zero-order valence-electron chi connectivity index (χ0n) is 11.5. The number of amides is 1. The Morgan fingerprint density at radius 1 is 1.45 bits per heavy atom. The zero-order chi connectivity index (χ0) is 15.3. The average Bonchev–Trinajstić information content (AvgIpc) is 2.73. The van der Waals surface area contributed by atoms with Crippen molar-refractivity contribution in [2.24, 2.45) is 0 Å². The van der Waals surface area contributed by atoms with E-state index >= 15 is 0 Å². The molecule has 1 aromatic heterocycles. The summed E-state index contributed by atoms with van der Waals surface area (Å²) in [5.74, 6) is -0.612. The molecule has 1 rings (SSSR count). The van der Waals surface area contributed by atoms with Crippen molar-refractivity contribution < 1.29 is 18.0 Å². The van der Waals surface area contributed by atoms with Crippen molar-refractivity contribution in [1.82, 2.24) is 14.7 Å². The third-order valence-electron chi connectivity index (χ3n) is 3.00. The van der Waals surface area contributed by atoms with Crippen molar-refractivity contribution in [3.8, 4) is 0 Å². The van der Waals surface area contributed by atoms with Crippen LogP contribution in [-0.2, 0) is 11.3 Å². The molecule has 0 radical (unpaired) electrons. The Morgan fingerprint density at radius 3 is 2.45 bits per heavy atom. The van der Waals surface area contributed by atoms with Gasteiger partial charge >= 0.3 is 6.18 Å². The fourth-order valence-corrected chi connectivity index (χ4v) is 2.04. The first-order chi connectivity index (χ1) is 9.26. The van der Waals surface area contributed by atoms with Crippen molar-refractivity contribution >= 4 is 11.6 Å². The summed E-state index contributed by atoms with van der Waals surface area (Å²) < 4.78 is 39.1. The van der Waals surface area contributed by atoms with Gasteiger partial charge in [-0.3, -0.25) is 9.48 Å². The van der Waals surface area contributed by atoms with Crippen molar-refractivity contribution in [3.63, 3.8) is 0 Å². The van der Waals surface area contributed by atoms with Gasteiger partial charge in [-0.15, -0.1) is 0 Å². The second-order valence-electron chi connectivity index (χ2n) is 4.58. The molecule has 0 bridgehead atoms. The summed E-state index contributed by atoms with van der Waals surface area (Å²) in [6.07, 6.45) is -0.713. The van der Waals surface area contributed by atoms with Gasteiger partial charge in [0.05, 0.1) is 11.9 Å². The number of nitrogens with two attached hydrogens (primary N) is 1. The lowest BCUT2D eigenvalue weighted by molar-refractivity contribution is -0.166. The van der Waals surface area contributed by atoms with Gasteiger partial charge in [-0.05, 0) is 12.8 Å². The van der Waals surface area contributed by atoms with Crippen LogP contribution in [0.15, 0.2) is 12.4 Å². The number of carbonyl (C=O) groups is 1. The van der Waals surface area contributed by atoms with Gasteiger partial charge in [0, 0.05) is 12.2 Å². The Morgan fingerprint density at radius 2 is 2.05 bits per heavy atom. The maximum absolute atomic E-state index is 12.6. The van der Waals surface area contributed by atoms with E-state index in [0.717, 1.165) is 4.90 Å². The minimum absolute atomic E-state index is 0.246. The van der Waals surface area contributed by atoms with Gasteiger partial charge in [0.2, 0.25) is 5.91 Å². The van der Waals surface area contributed by atoms with E-state index in [9.17, 15) is 18.0 Å². The van der Waals surface area contributed by atoms with E-state index < -0.39 is 24.7 Å². The molecular weight excluding hydrogens is 273 g/mol. The summed E-state index contributed by atoms with van der Waals surface area (Å²) in [5, 5.41) is 3.81. The first-order valence-electron chi connectivity index (χ1n) is 6.41. The molecule has 0 aliphatic rings. The molecule has 1 aromatic rings. The SMILES string of the molecule is CCC(CC)N(CC(F)(F)F)C(=O)Cn1cc(N)cn1. The summed E-state index contributed by atoms with van der Waals surface area (Å²) >= 11 is 0. The molecule has 0 atom stereocenters. The highest BCUT2D eigenvalue weighted by Crippen LogP contribution is 2.20. The molecule has 0 aliphatic carbocycles. The van der Waals surface area contributed by atoms with Crippen LogP contribution in [0.2, 0.25) is 0 Å². The van der Waals surface area contributed by atoms with Gasteiger partial charge in [-0.25, -0.2) is 0 Å². The maximum Gasteiger partial charge on any atom is 0.406 e. The van der Waals surface area contributed by atoms with E-state index in [1.54, 1.807) is 13.8 Å². The Balaban J connectivity index is 2.83. The number of aromatic nitrogens is 2. The predicted molar refractivity (Wildman–Crippen MR) is 68.8 cm³/mol. The van der Waals surface area contributed by atoms with Gasteiger partial charge < -0.3 is 10.6 Å². The number of carbonyl (C=O) groups excluding carboxylic acids is 1. The maximum atomic E-state index is 12.6. The van der Waals surface area contributed by atoms with E-state index in [2.05, 4.69) is 5.10 Å². The summed E-state index contributed by atoms with van der Waals surface area (Å²) in [6.45, 7) is 2.03. The monoisotopic (exact) mass is 292 g/mol. The van der Waals surface area contributed by atoms with E-state index in [-0.39, 0.29) is 6.54 Å². The van der Waals surface area contributed by atoms with Gasteiger partial charge in [0.1, 0.15) is 13.1 Å². The standard InChI is InChI=1S/C12H19F3N4O/c1-3-10(4-2)19(8-12(13,14)15)11(20)7-18-6-9(16)5-17-18/h5-6,10H,3-4,7-8,16H2,1-2H3. The number of hydrogen-bond donors (Lipinski definition) is 1. The van der Waals surface area contributed by atoms with Crippen LogP contribution >= 0.6 is 0 Å². The van der Waals surface area contributed by atoms with Gasteiger partial charge in [0.15, 0.2) is 0 Å². The van der Waals surface area contributed by atoms with Crippen LogP contribution in [0, 0.1) is 0 Å².